The molecule has 3 aliphatic heterocycles. The third kappa shape index (κ3) is 4.40. The summed E-state index contributed by atoms with van der Waals surface area (Å²) in [5, 5.41) is 3.42. The number of piperidine rings is 1. The second-order valence-electron chi connectivity index (χ2n) is 8.97. The minimum absolute atomic E-state index is 0.0471. The molecule has 1 N–H and O–H groups in total. The van der Waals surface area contributed by atoms with Crippen molar-refractivity contribution in [3.05, 3.63) is 48.2 Å². The monoisotopic (exact) mass is 419 g/mol. The van der Waals surface area contributed by atoms with Crippen molar-refractivity contribution in [2.45, 2.75) is 32.1 Å². The zero-order chi connectivity index (χ0) is 21.0. The molecule has 1 atom stereocenters. The fourth-order valence-corrected chi connectivity index (χ4v) is 5.20. The molecule has 2 aromatic rings. The number of rotatable bonds is 5. The number of hydrogen-bond donors (Lipinski definition) is 1. The first-order chi connectivity index (χ1) is 15.3. The zero-order valence-electron chi connectivity index (χ0n) is 18.3. The summed E-state index contributed by atoms with van der Waals surface area (Å²) in [7, 11) is 0. The molecular weight excluding hydrogens is 386 g/mol. The Morgan fingerprint density at radius 3 is 2.48 bits per heavy atom. The van der Waals surface area contributed by atoms with Crippen molar-refractivity contribution in [2.75, 3.05) is 60.5 Å². The number of benzene rings is 1. The highest BCUT2D eigenvalue weighted by Gasteiger charge is 2.33. The smallest absolute Gasteiger partial charge is 0.230 e. The molecule has 0 radical (unpaired) electrons. The quantitative estimate of drug-likeness (QED) is 0.807. The molecule has 0 bridgehead atoms. The van der Waals surface area contributed by atoms with Crippen molar-refractivity contribution in [2.24, 2.45) is 5.92 Å². The molecule has 1 amide bonds. The predicted octanol–water partition coefficient (Wildman–Crippen LogP) is 3.08. The molecule has 31 heavy (non-hydrogen) atoms. The SMILES string of the molecule is O=C1[C@@H](Cc2ccccc2N2CCNCC2)CCN1c1ccc(N2CCCCC2)nc1. The number of nitrogens with zero attached hydrogens (tertiary/aromatic N) is 4. The summed E-state index contributed by atoms with van der Waals surface area (Å²) in [6, 6.07) is 12.8. The van der Waals surface area contributed by atoms with Gasteiger partial charge in [0.05, 0.1) is 11.9 Å². The van der Waals surface area contributed by atoms with E-state index in [1.165, 1.54) is 30.5 Å². The third-order valence-corrected chi connectivity index (χ3v) is 6.96. The van der Waals surface area contributed by atoms with E-state index in [-0.39, 0.29) is 11.8 Å². The Kier molecular flexibility index (Phi) is 6.07. The van der Waals surface area contributed by atoms with Gasteiger partial charge in [0.1, 0.15) is 5.82 Å². The van der Waals surface area contributed by atoms with E-state index in [2.05, 4.69) is 56.5 Å². The number of nitrogens with one attached hydrogen (secondary N) is 1. The molecule has 1 aromatic carbocycles. The standard InChI is InChI=1S/C25H33N5O/c31-25-21(18-20-6-2-3-7-23(20)28-16-11-26-12-17-28)10-15-30(25)22-8-9-24(27-19-22)29-13-4-1-5-14-29/h2-3,6-9,19,21,26H,1,4-5,10-18H2/t21-/m1/s1. The van der Waals surface area contributed by atoms with Gasteiger partial charge in [-0.25, -0.2) is 4.98 Å². The second kappa shape index (κ2) is 9.27. The maximum Gasteiger partial charge on any atom is 0.230 e. The average Bonchev–Trinajstić information content (AvgIpc) is 3.20. The van der Waals surface area contributed by atoms with Crippen LogP contribution in [0.25, 0.3) is 0 Å². The van der Waals surface area contributed by atoms with E-state index in [4.69, 9.17) is 0 Å². The number of carbonyl (C=O) groups excluding carboxylic acids is 1. The first-order valence-corrected chi connectivity index (χ1v) is 11.9. The van der Waals surface area contributed by atoms with Crippen molar-refractivity contribution >= 4 is 23.1 Å². The third-order valence-electron chi connectivity index (χ3n) is 6.96. The number of pyridine rings is 1. The number of piperazine rings is 1. The lowest BCUT2D eigenvalue weighted by atomic mass is 9.96. The van der Waals surface area contributed by atoms with Gasteiger partial charge >= 0.3 is 0 Å². The summed E-state index contributed by atoms with van der Waals surface area (Å²) in [4.78, 5) is 24.7. The van der Waals surface area contributed by atoms with Gasteiger partial charge in [-0.3, -0.25) is 4.79 Å². The van der Waals surface area contributed by atoms with Crippen LogP contribution in [0.2, 0.25) is 0 Å². The summed E-state index contributed by atoms with van der Waals surface area (Å²) in [5.41, 5.74) is 3.52. The molecule has 1 aromatic heterocycles. The Bertz CT molecular complexity index is 887. The Hall–Kier alpha value is -2.60. The van der Waals surface area contributed by atoms with E-state index >= 15 is 0 Å². The van der Waals surface area contributed by atoms with Crippen LogP contribution in [0.4, 0.5) is 17.2 Å². The number of aromatic nitrogens is 1. The van der Waals surface area contributed by atoms with E-state index in [1.807, 2.05) is 11.1 Å². The van der Waals surface area contributed by atoms with Crippen LogP contribution < -0.4 is 20.0 Å². The van der Waals surface area contributed by atoms with Crippen LogP contribution in [-0.2, 0) is 11.2 Å². The van der Waals surface area contributed by atoms with Gasteiger partial charge in [-0.15, -0.1) is 0 Å². The summed E-state index contributed by atoms with van der Waals surface area (Å²) < 4.78 is 0. The maximum absolute atomic E-state index is 13.2. The van der Waals surface area contributed by atoms with E-state index in [9.17, 15) is 4.79 Å². The van der Waals surface area contributed by atoms with E-state index in [0.717, 1.165) is 70.2 Å². The molecule has 0 spiro atoms. The predicted molar refractivity (Wildman–Crippen MR) is 126 cm³/mol. The first-order valence-electron chi connectivity index (χ1n) is 11.9. The molecule has 0 unspecified atom stereocenters. The Labute approximate surface area is 185 Å². The van der Waals surface area contributed by atoms with Gasteiger partial charge in [-0.05, 0) is 55.9 Å². The normalized spacial score (nSPS) is 22.3. The maximum atomic E-state index is 13.2. The highest BCUT2D eigenvalue weighted by atomic mass is 16.2. The lowest BCUT2D eigenvalue weighted by molar-refractivity contribution is -0.120. The van der Waals surface area contributed by atoms with E-state index < -0.39 is 0 Å². The molecule has 3 fully saturated rings. The Balaban J connectivity index is 1.26. The molecule has 164 valence electrons. The van der Waals surface area contributed by atoms with Gasteiger partial charge < -0.3 is 20.0 Å². The molecule has 3 aliphatic rings. The van der Waals surface area contributed by atoms with Gasteiger partial charge in [-0.2, -0.15) is 0 Å². The summed E-state index contributed by atoms with van der Waals surface area (Å²) in [6.45, 7) is 7.04. The number of hydrogen-bond acceptors (Lipinski definition) is 5. The van der Waals surface area contributed by atoms with Crippen LogP contribution in [0.1, 0.15) is 31.2 Å². The molecule has 4 heterocycles. The molecular formula is C25H33N5O. The number of carbonyl (C=O) groups is 1. The van der Waals surface area contributed by atoms with Crippen LogP contribution >= 0.6 is 0 Å². The number of para-hydroxylation sites is 1. The van der Waals surface area contributed by atoms with Crippen molar-refractivity contribution < 1.29 is 4.79 Å². The lowest BCUT2D eigenvalue weighted by Gasteiger charge is -2.31. The summed E-state index contributed by atoms with van der Waals surface area (Å²) >= 11 is 0. The van der Waals surface area contributed by atoms with Crippen molar-refractivity contribution in [3.8, 4) is 0 Å². The molecule has 6 nitrogen and oxygen atoms in total. The van der Waals surface area contributed by atoms with Crippen molar-refractivity contribution in [1.29, 1.82) is 0 Å². The highest BCUT2D eigenvalue weighted by molar-refractivity contribution is 5.97. The first kappa shape index (κ1) is 20.3. The molecule has 6 heteroatoms. The van der Waals surface area contributed by atoms with Crippen molar-refractivity contribution in [3.63, 3.8) is 0 Å². The van der Waals surface area contributed by atoms with E-state index in [1.54, 1.807) is 0 Å². The van der Waals surface area contributed by atoms with E-state index in [0.29, 0.717) is 0 Å². The van der Waals surface area contributed by atoms with Gasteiger partial charge in [0.15, 0.2) is 0 Å². The molecule has 0 saturated carbocycles. The largest absolute Gasteiger partial charge is 0.369 e. The topological polar surface area (TPSA) is 51.7 Å². The average molecular weight is 420 g/mol. The minimum Gasteiger partial charge on any atom is -0.369 e. The van der Waals surface area contributed by atoms with Crippen LogP contribution in [0, 0.1) is 5.92 Å². The zero-order valence-corrected chi connectivity index (χ0v) is 18.3. The summed E-state index contributed by atoms with van der Waals surface area (Å²) in [5.74, 6) is 1.32. The van der Waals surface area contributed by atoms with Gasteiger partial charge in [0, 0.05) is 57.4 Å². The lowest BCUT2D eigenvalue weighted by Crippen LogP contribution is -2.44. The van der Waals surface area contributed by atoms with Crippen LogP contribution in [-0.4, -0.2) is 56.7 Å². The Morgan fingerprint density at radius 2 is 1.71 bits per heavy atom. The highest BCUT2D eigenvalue weighted by Crippen LogP contribution is 2.31. The van der Waals surface area contributed by atoms with Gasteiger partial charge in [0.25, 0.3) is 0 Å². The number of amides is 1. The Morgan fingerprint density at radius 1 is 0.903 bits per heavy atom. The van der Waals surface area contributed by atoms with Crippen LogP contribution in [0.3, 0.4) is 0 Å². The summed E-state index contributed by atoms with van der Waals surface area (Å²) in [6.07, 6.45) is 7.41. The second-order valence-corrected chi connectivity index (χ2v) is 8.97. The fraction of sp³-hybridized carbons (Fsp3) is 0.520. The minimum atomic E-state index is 0.0471. The molecule has 0 aliphatic carbocycles. The fourth-order valence-electron chi connectivity index (χ4n) is 5.20. The van der Waals surface area contributed by atoms with Gasteiger partial charge in [0.2, 0.25) is 5.91 Å². The number of anilines is 3. The van der Waals surface area contributed by atoms with Crippen LogP contribution in [0.5, 0.6) is 0 Å². The molecule has 3 saturated heterocycles. The van der Waals surface area contributed by atoms with Crippen molar-refractivity contribution in [1.82, 2.24) is 10.3 Å². The molecule has 5 rings (SSSR count). The van der Waals surface area contributed by atoms with Gasteiger partial charge in [-0.1, -0.05) is 18.2 Å². The van der Waals surface area contributed by atoms with Crippen LogP contribution in [0.15, 0.2) is 42.6 Å².